The van der Waals surface area contributed by atoms with Crippen LogP contribution in [0, 0.1) is 0 Å². The van der Waals surface area contributed by atoms with Gasteiger partial charge in [0.1, 0.15) is 12.4 Å². The summed E-state index contributed by atoms with van der Waals surface area (Å²) in [6.45, 7) is 7.10. The predicted molar refractivity (Wildman–Crippen MR) is 78.1 cm³/mol. The normalized spacial score (nSPS) is 20.2. The molecule has 0 saturated carbocycles. The third-order valence-corrected chi connectivity index (χ3v) is 3.42. The lowest BCUT2D eigenvalue weighted by atomic mass is 10.2. The van der Waals surface area contributed by atoms with E-state index in [4.69, 9.17) is 16.3 Å². The summed E-state index contributed by atoms with van der Waals surface area (Å²) in [4.78, 5) is 2.44. The molecule has 1 aliphatic heterocycles. The average molecular weight is 291 g/mol. The zero-order valence-electron chi connectivity index (χ0n) is 10.6. The van der Waals surface area contributed by atoms with E-state index in [2.05, 4.69) is 17.1 Å². The minimum Gasteiger partial charge on any atom is -0.491 e. The molecule has 1 N–H and O–H groups in total. The molecule has 2 rings (SSSR count). The molecule has 1 aromatic carbocycles. The molecule has 1 fully saturated rings. The molecule has 3 nitrogen and oxygen atoms in total. The highest BCUT2D eigenvalue weighted by molar-refractivity contribution is 6.32. The van der Waals surface area contributed by atoms with E-state index in [0.717, 1.165) is 31.9 Å². The monoisotopic (exact) mass is 290 g/mol. The van der Waals surface area contributed by atoms with Crippen LogP contribution in [-0.4, -0.2) is 43.7 Å². The number of nitrogens with zero attached hydrogens (tertiary/aromatic N) is 1. The molecule has 0 amide bonds. The first-order valence-corrected chi connectivity index (χ1v) is 6.47. The van der Waals surface area contributed by atoms with Gasteiger partial charge in [0.2, 0.25) is 0 Å². The van der Waals surface area contributed by atoms with Gasteiger partial charge in [-0.3, -0.25) is 4.90 Å². The fourth-order valence-corrected chi connectivity index (χ4v) is 2.24. The van der Waals surface area contributed by atoms with Gasteiger partial charge in [0.15, 0.2) is 0 Å². The van der Waals surface area contributed by atoms with Crippen molar-refractivity contribution in [3.05, 3.63) is 29.3 Å². The minimum atomic E-state index is 0. The molecule has 18 heavy (non-hydrogen) atoms. The number of benzene rings is 1. The molecule has 102 valence electrons. The van der Waals surface area contributed by atoms with Gasteiger partial charge in [-0.05, 0) is 19.1 Å². The van der Waals surface area contributed by atoms with Gasteiger partial charge in [-0.25, -0.2) is 0 Å². The summed E-state index contributed by atoms with van der Waals surface area (Å²) >= 11 is 6.03. The van der Waals surface area contributed by atoms with Crippen LogP contribution in [0.4, 0.5) is 0 Å². The van der Waals surface area contributed by atoms with E-state index in [1.165, 1.54) is 0 Å². The lowest BCUT2D eigenvalue weighted by molar-refractivity contribution is 0.143. The van der Waals surface area contributed by atoms with Gasteiger partial charge in [-0.15, -0.1) is 12.4 Å². The van der Waals surface area contributed by atoms with E-state index in [9.17, 15) is 0 Å². The molecule has 0 bridgehead atoms. The Kier molecular flexibility index (Phi) is 6.79. The van der Waals surface area contributed by atoms with Gasteiger partial charge in [0.05, 0.1) is 5.02 Å². The number of piperazine rings is 1. The van der Waals surface area contributed by atoms with Crippen LogP contribution in [0.25, 0.3) is 0 Å². The number of hydrogen-bond donors (Lipinski definition) is 1. The highest BCUT2D eigenvalue weighted by Gasteiger charge is 2.17. The fourth-order valence-electron chi connectivity index (χ4n) is 2.05. The van der Waals surface area contributed by atoms with E-state index in [0.29, 0.717) is 17.7 Å². The van der Waals surface area contributed by atoms with Crippen LogP contribution in [0.5, 0.6) is 5.75 Å². The topological polar surface area (TPSA) is 24.5 Å². The third kappa shape index (κ3) is 4.32. The van der Waals surface area contributed by atoms with E-state index < -0.39 is 0 Å². The molecule has 0 aromatic heterocycles. The number of halogens is 2. The molecule has 1 saturated heterocycles. The van der Waals surface area contributed by atoms with Crippen molar-refractivity contribution in [3.63, 3.8) is 0 Å². The summed E-state index contributed by atoms with van der Waals surface area (Å²) in [5.74, 6) is 0.775. The van der Waals surface area contributed by atoms with Crippen molar-refractivity contribution in [2.75, 3.05) is 32.8 Å². The first-order valence-electron chi connectivity index (χ1n) is 6.09. The van der Waals surface area contributed by atoms with Crippen molar-refractivity contribution < 1.29 is 4.74 Å². The Labute approximate surface area is 120 Å². The second kappa shape index (κ2) is 7.85. The Balaban J connectivity index is 0.00000162. The quantitative estimate of drug-likeness (QED) is 0.922. The largest absolute Gasteiger partial charge is 0.491 e. The molecule has 0 spiro atoms. The van der Waals surface area contributed by atoms with E-state index in [1.54, 1.807) is 0 Å². The number of rotatable bonds is 4. The van der Waals surface area contributed by atoms with Crippen molar-refractivity contribution in [1.82, 2.24) is 10.2 Å². The molecular formula is C13H20Cl2N2O. The highest BCUT2D eigenvalue weighted by Crippen LogP contribution is 2.22. The summed E-state index contributed by atoms with van der Waals surface area (Å²) in [5, 5.41) is 4.06. The lowest BCUT2D eigenvalue weighted by Gasteiger charge is -2.33. The molecule has 1 aromatic rings. The van der Waals surface area contributed by atoms with Gasteiger partial charge in [0, 0.05) is 32.2 Å². The molecular weight excluding hydrogens is 271 g/mol. The van der Waals surface area contributed by atoms with Crippen LogP contribution in [0.2, 0.25) is 5.02 Å². The van der Waals surface area contributed by atoms with Crippen LogP contribution in [0.1, 0.15) is 6.92 Å². The minimum absolute atomic E-state index is 0. The van der Waals surface area contributed by atoms with Crippen molar-refractivity contribution in [2.45, 2.75) is 13.0 Å². The molecule has 1 aliphatic rings. The van der Waals surface area contributed by atoms with Gasteiger partial charge < -0.3 is 10.1 Å². The van der Waals surface area contributed by atoms with Gasteiger partial charge in [-0.2, -0.15) is 0 Å². The Morgan fingerprint density at radius 2 is 2.22 bits per heavy atom. The molecule has 0 radical (unpaired) electrons. The highest BCUT2D eigenvalue weighted by atomic mass is 35.5. The second-order valence-corrected chi connectivity index (χ2v) is 4.78. The molecule has 0 aliphatic carbocycles. The maximum absolute atomic E-state index is 6.03. The molecule has 5 heteroatoms. The molecule has 0 unspecified atom stereocenters. The van der Waals surface area contributed by atoms with Gasteiger partial charge in [-0.1, -0.05) is 23.7 Å². The second-order valence-electron chi connectivity index (χ2n) is 4.37. The first-order chi connectivity index (χ1) is 8.27. The summed E-state index contributed by atoms with van der Waals surface area (Å²) in [7, 11) is 0. The Morgan fingerprint density at radius 3 is 2.94 bits per heavy atom. The standard InChI is InChI=1S/C13H19ClN2O.ClH/c1-11-10-15-6-7-16(11)8-9-17-13-5-3-2-4-12(13)14;/h2-5,11,15H,6-10H2,1H3;1H/t11-;/m0./s1. The Hall–Kier alpha value is -0.480. The van der Waals surface area contributed by atoms with Crippen LogP contribution < -0.4 is 10.1 Å². The SMILES string of the molecule is C[C@H]1CNCCN1CCOc1ccccc1Cl.Cl. The lowest BCUT2D eigenvalue weighted by Crippen LogP contribution is -2.50. The molecule has 1 atom stereocenters. The van der Waals surface area contributed by atoms with E-state index in [-0.39, 0.29) is 12.4 Å². The fraction of sp³-hybridized carbons (Fsp3) is 0.538. The Bertz CT molecular complexity index is 363. The number of ether oxygens (including phenoxy) is 1. The maximum atomic E-state index is 6.03. The first kappa shape index (κ1) is 15.6. The average Bonchev–Trinajstić information content (AvgIpc) is 2.34. The summed E-state index contributed by atoms with van der Waals surface area (Å²) < 4.78 is 5.69. The van der Waals surface area contributed by atoms with Gasteiger partial charge >= 0.3 is 0 Å². The van der Waals surface area contributed by atoms with E-state index in [1.807, 2.05) is 24.3 Å². The van der Waals surface area contributed by atoms with Crippen molar-refractivity contribution in [3.8, 4) is 5.75 Å². The van der Waals surface area contributed by atoms with Crippen LogP contribution in [0.3, 0.4) is 0 Å². The van der Waals surface area contributed by atoms with Crippen molar-refractivity contribution in [2.24, 2.45) is 0 Å². The van der Waals surface area contributed by atoms with Crippen LogP contribution in [-0.2, 0) is 0 Å². The van der Waals surface area contributed by atoms with Crippen molar-refractivity contribution >= 4 is 24.0 Å². The van der Waals surface area contributed by atoms with Crippen LogP contribution in [0.15, 0.2) is 24.3 Å². The zero-order chi connectivity index (χ0) is 12.1. The number of para-hydroxylation sites is 1. The van der Waals surface area contributed by atoms with Crippen LogP contribution >= 0.6 is 24.0 Å². The molecule has 1 heterocycles. The number of nitrogens with one attached hydrogen (secondary N) is 1. The number of hydrogen-bond acceptors (Lipinski definition) is 3. The maximum Gasteiger partial charge on any atom is 0.137 e. The summed E-state index contributed by atoms with van der Waals surface area (Å²) in [6.07, 6.45) is 0. The van der Waals surface area contributed by atoms with Crippen molar-refractivity contribution in [1.29, 1.82) is 0 Å². The zero-order valence-corrected chi connectivity index (χ0v) is 12.1. The Morgan fingerprint density at radius 1 is 1.44 bits per heavy atom. The van der Waals surface area contributed by atoms with E-state index >= 15 is 0 Å². The third-order valence-electron chi connectivity index (χ3n) is 3.11. The predicted octanol–water partition coefficient (Wildman–Crippen LogP) is 2.43. The summed E-state index contributed by atoms with van der Waals surface area (Å²) in [5.41, 5.74) is 0. The smallest absolute Gasteiger partial charge is 0.137 e. The summed E-state index contributed by atoms with van der Waals surface area (Å²) in [6, 6.07) is 8.19. The van der Waals surface area contributed by atoms with Gasteiger partial charge in [0.25, 0.3) is 0 Å².